The van der Waals surface area contributed by atoms with Crippen LogP contribution in [0.15, 0.2) is 30.5 Å². The van der Waals surface area contributed by atoms with Gasteiger partial charge in [0.1, 0.15) is 0 Å². The van der Waals surface area contributed by atoms with Gasteiger partial charge >= 0.3 is 0 Å². The molecule has 0 aliphatic heterocycles. The van der Waals surface area contributed by atoms with Gasteiger partial charge in [-0.15, -0.1) is 0 Å². The molecule has 0 aliphatic carbocycles. The highest BCUT2D eigenvalue weighted by atomic mass is 35.5. The summed E-state index contributed by atoms with van der Waals surface area (Å²) in [5.41, 5.74) is 2.03. The Hall–Kier alpha value is -1.28. The van der Waals surface area contributed by atoms with E-state index in [-0.39, 0.29) is 17.1 Å². The van der Waals surface area contributed by atoms with Gasteiger partial charge in [0.2, 0.25) is 5.24 Å². The van der Waals surface area contributed by atoms with Gasteiger partial charge in [-0.3, -0.25) is 4.79 Å². The highest BCUT2D eigenvalue weighted by molar-refractivity contribution is 6.64. The minimum Gasteiger partial charge on any atom is -0.361 e. The molecule has 2 aromatic rings. The fourth-order valence-electron chi connectivity index (χ4n) is 2.09. The lowest BCUT2D eigenvalue weighted by atomic mass is 9.89. The van der Waals surface area contributed by atoms with Gasteiger partial charge in [-0.05, 0) is 29.1 Å². The summed E-state index contributed by atoms with van der Waals surface area (Å²) in [5.74, 6) is -0.0398. The molecule has 0 aliphatic rings. The third kappa shape index (κ3) is 1.85. The smallest absolute Gasteiger partial charge is 0.229 e. The molecule has 0 saturated heterocycles. The third-order valence-electron chi connectivity index (χ3n) is 2.87. The van der Waals surface area contributed by atoms with Gasteiger partial charge in [0.25, 0.3) is 0 Å². The first-order chi connectivity index (χ1) is 7.61. The van der Waals surface area contributed by atoms with Crippen LogP contribution in [0.3, 0.4) is 0 Å². The molecule has 1 N–H and O–H groups in total. The summed E-state index contributed by atoms with van der Waals surface area (Å²) >= 11 is 5.68. The molecule has 2 nitrogen and oxygen atoms in total. The number of aromatic amines is 1. The Labute approximate surface area is 99.6 Å². The van der Waals surface area contributed by atoms with Crippen LogP contribution in [0.1, 0.15) is 25.3 Å². The fraction of sp³-hybridized carbons (Fsp3) is 0.308. The first-order valence-corrected chi connectivity index (χ1v) is 5.74. The molecule has 1 atom stereocenters. The molecule has 0 bridgehead atoms. The van der Waals surface area contributed by atoms with Gasteiger partial charge in [-0.1, -0.05) is 32.0 Å². The van der Waals surface area contributed by atoms with Crippen molar-refractivity contribution in [1.29, 1.82) is 0 Å². The Kier molecular flexibility index (Phi) is 3.01. The van der Waals surface area contributed by atoms with E-state index in [1.165, 1.54) is 0 Å². The second-order valence-electron chi connectivity index (χ2n) is 4.32. The van der Waals surface area contributed by atoms with Crippen LogP contribution in [0, 0.1) is 5.92 Å². The van der Waals surface area contributed by atoms with E-state index in [9.17, 15) is 4.79 Å². The lowest BCUT2D eigenvalue weighted by molar-refractivity contribution is -0.113. The Morgan fingerprint density at radius 3 is 2.62 bits per heavy atom. The minimum atomic E-state index is -0.292. The van der Waals surface area contributed by atoms with E-state index in [0.717, 1.165) is 16.5 Å². The topological polar surface area (TPSA) is 32.9 Å². The molecule has 84 valence electrons. The zero-order valence-corrected chi connectivity index (χ0v) is 10.1. The predicted molar refractivity (Wildman–Crippen MR) is 66.7 cm³/mol. The Bertz CT molecular complexity index is 515. The second kappa shape index (κ2) is 4.30. The van der Waals surface area contributed by atoms with Gasteiger partial charge in [0.15, 0.2) is 0 Å². The van der Waals surface area contributed by atoms with E-state index in [1.54, 1.807) is 0 Å². The number of fused-ring (bicyclic) bond motifs is 1. The molecule has 2 rings (SSSR count). The maximum atomic E-state index is 11.5. The number of aromatic nitrogens is 1. The number of benzene rings is 1. The summed E-state index contributed by atoms with van der Waals surface area (Å²) in [6, 6.07) is 7.94. The molecule has 1 aromatic heterocycles. The lowest BCUT2D eigenvalue weighted by Crippen LogP contribution is -2.13. The monoisotopic (exact) mass is 235 g/mol. The molecule has 0 spiro atoms. The van der Waals surface area contributed by atoms with E-state index in [2.05, 4.69) is 4.98 Å². The van der Waals surface area contributed by atoms with Crippen LogP contribution in [-0.4, -0.2) is 10.2 Å². The molecule has 0 fully saturated rings. The number of para-hydroxylation sites is 1. The van der Waals surface area contributed by atoms with Gasteiger partial charge in [0.05, 0.1) is 5.92 Å². The first kappa shape index (κ1) is 11.2. The Morgan fingerprint density at radius 2 is 2.00 bits per heavy atom. The number of carbonyl (C=O) groups excluding carboxylic acids is 1. The molecular weight excluding hydrogens is 222 g/mol. The van der Waals surface area contributed by atoms with Gasteiger partial charge in [0, 0.05) is 17.1 Å². The first-order valence-electron chi connectivity index (χ1n) is 5.36. The maximum absolute atomic E-state index is 11.5. The van der Waals surface area contributed by atoms with Crippen molar-refractivity contribution in [2.75, 3.05) is 0 Å². The number of carbonyl (C=O) groups is 1. The van der Waals surface area contributed by atoms with E-state index in [4.69, 9.17) is 11.6 Å². The average molecular weight is 236 g/mol. The van der Waals surface area contributed by atoms with Crippen LogP contribution in [0.2, 0.25) is 0 Å². The average Bonchev–Trinajstić information content (AvgIpc) is 2.61. The van der Waals surface area contributed by atoms with Crippen LogP contribution in [0.4, 0.5) is 0 Å². The number of H-pyrrole nitrogens is 1. The summed E-state index contributed by atoms with van der Waals surface area (Å²) in [4.78, 5) is 14.6. The summed E-state index contributed by atoms with van der Waals surface area (Å²) in [6.07, 6.45) is 1.88. The van der Waals surface area contributed by atoms with Gasteiger partial charge in [-0.25, -0.2) is 0 Å². The van der Waals surface area contributed by atoms with Crippen molar-refractivity contribution in [2.24, 2.45) is 5.92 Å². The second-order valence-corrected chi connectivity index (χ2v) is 4.69. The standard InChI is InChI=1S/C13H14ClNO/c1-8(2)12(13(14)16)10-7-15-11-6-4-3-5-9(10)11/h3-8,12,15H,1-2H3. The molecule has 1 heterocycles. The van der Waals surface area contributed by atoms with Gasteiger partial charge < -0.3 is 4.98 Å². The molecule has 16 heavy (non-hydrogen) atoms. The Morgan fingerprint density at radius 1 is 1.31 bits per heavy atom. The van der Waals surface area contributed by atoms with E-state index in [1.807, 2.05) is 44.3 Å². The number of hydrogen-bond acceptors (Lipinski definition) is 1. The predicted octanol–water partition coefficient (Wildman–Crippen LogP) is 3.67. The minimum absolute atomic E-state index is 0.198. The molecule has 1 unspecified atom stereocenters. The molecule has 1 aromatic carbocycles. The molecule has 3 heteroatoms. The molecular formula is C13H14ClNO. The lowest BCUT2D eigenvalue weighted by Gasteiger charge is -2.15. The summed E-state index contributed by atoms with van der Waals surface area (Å²) in [7, 11) is 0. The van der Waals surface area contributed by atoms with Crippen molar-refractivity contribution >= 4 is 27.7 Å². The number of nitrogens with one attached hydrogen (secondary N) is 1. The van der Waals surface area contributed by atoms with Crippen molar-refractivity contribution in [2.45, 2.75) is 19.8 Å². The number of hydrogen-bond donors (Lipinski definition) is 1. The zero-order chi connectivity index (χ0) is 11.7. The van der Waals surface area contributed by atoms with Crippen molar-refractivity contribution in [1.82, 2.24) is 4.98 Å². The van der Waals surface area contributed by atoms with E-state index >= 15 is 0 Å². The molecule has 0 radical (unpaired) electrons. The number of rotatable bonds is 3. The summed E-state index contributed by atoms with van der Waals surface area (Å²) in [6.45, 7) is 4.01. The van der Waals surface area contributed by atoms with Crippen molar-refractivity contribution < 1.29 is 4.79 Å². The highest BCUT2D eigenvalue weighted by Crippen LogP contribution is 2.32. The van der Waals surface area contributed by atoms with Crippen molar-refractivity contribution in [3.8, 4) is 0 Å². The van der Waals surface area contributed by atoms with Crippen LogP contribution < -0.4 is 0 Å². The Balaban J connectivity index is 2.57. The fourth-order valence-corrected chi connectivity index (χ4v) is 2.46. The third-order valence-corrected chi connectivity index (χ3v) is 3.10. The maximum Gasteiger partial charge on any atom is 0.229 e. The van der Waals surface area contributed by atoms with Crippen LogP contribution in [-0.2, 0) is 4.79 Å². The zero-order valence-electron chi connectivity index (χ0n) is 9.33. The van der Waals surface area contributed by atoms with E-state index in [0.29, 0.717) is 0 Å². The van der Waals surface area contributed by atoms with Crippen LogP contribution in [0.25, 0.3) is 10.9 Å². The van der Waals surface area contributed by atoms with Crippen molar-refractivity contribution in [3.05, 3.63) is 36.0 Å². The molecule has 0 amide bonds. The van der Waals surface area contributed by atoms with Crippen LogP contribution >= 0.6 is 11.6 Å². The van der Waals surface area contributed by atoms with Gasteiger partial charge in [-0.2, -0.15) is 0 Å². The largest absolute Gasteiger partial charge is 0.361 e. The molecule has 0 saturated carbocycles. The summed E-state index contributed by atoms with van der Waals surface area (Å²) < 4.78 is 0. The normalized spacial score (nSPS) is 13.2. The summed E-state index contributed by atoms with van der Waals surface area (Å²) in [5, 5.41) is 0.787. The van der Waals surface area contributed by atoms with Crippen molar-refractivity contribution in [3.63, 3.8) is 0 Å². The highest BCUT2D eigenvalue weighted by Gasteiger charge is 2.24. The quantitative estimate of drug-likeness (QED) is 0.809. The number of halogens is 1. The van der Waals surface area contributed by atoms with E-state index < -0.39 is 0 Å². The SMILES string of the molecule is CC(C)C(C(=O)Cl)c1c[nH]c2ccccc12. The van der Waals surface area contributed by atoms with Crippen LogP contribution in [0.5, 0.6) is 0 Å².